The van der Waals surface area contributed by atoms with Gasteiger partial charge in [0, 0.05) is 47.2 Å². The van der Waals surface area contributed by atoms with E-state index in [1.165, 1.54) is 56.5 Å². The van der Waals surface area contributed by atoms with Gasteiger partial charge in [-0.1, -0.05) is 149 Å². The van der Waals surface area contributed by atoms with Gasteiger partial charge in [-0.05, 0) is 403 Å². The number of aryl methyl sites for hydroxylation is 4. The number of carboxylic acids is 2. The Kier molecular flexibility index (Phi) is 27.0. The minimum absolute atomic E-state index is 0.0128. The number of carbonyl (C=O) groups is 8. The molecule has 19 heteroatoms. The number of likely N-dealkylation sites (N-methyl/N-ethyl adjacent to an activating group) is 1. The van der Waals surface area contributed by atoms with Crippen LogP contribution in [0.1, 0.15) is 285 Å². The number of hydrogen-bond donors (Lipinski definition) is 11. The Morgan fingerprint density at radius 1 is 0.364 bits per heavy atom. The van der Waals surface area contributed by atoms with Crippen molar-refractivity contribution in [2.45, 2.75) is 249 Å². The minimum atomic E-state index is -0.797. The lowest BCUT2D eigenvalue weighted by Crippen LogP contribution is -2.44. The monoisotopic (exact) mass is 1790 g/mol. The van der Waals surface area contributed by atoms with Gasteiger partial charge in [0.2, 0.25) is 29.5 Å². The fraction of sp³-hybridized carbons (Fsp3) is 0.504. The number of benzene rings is 8. The minimum Gasteiger partial charge on any atom is -0.481 e. The molecule has 8 saturated carbocycles. The molecule has 8 aromatic rings. The van der Waals surface area contributed by atoms with Gasteiger partial charge in [-0.2, -0.15) is 0 Å². The zero-order valence-corrected chi connectivity index (χ0v) is 77.4. The van der Waals surface area contributed by atoms with Gasteiger partial charge in [-0.25, -0.2) is 0 Å². The SMILES string of the molecule is CNC(=O)Cc1ccc2c(c1)CC[C@@H]1[C@@H]2CC[C@]2(C)[C@@H](O)[C@@H](Cc3cccc(C(N)=O)c3)C[C@@H]12.C[C@]12CCC3c4ccc(CCO)cc4CCC3C1C[C@H](Cc1cccc(C(N)=O)c1)[C@@H]2O.C[C@]12CC[C@@H]3c4ccc(CC(=O)O)cc4CC[C@H]3[C@@H]1C[C@H](Cc1cccc(C(N)=O)c1)C2=O.C[C@]12CC[C@@H]3c4ccc(CC(=O)O)cc4CC[C@H]3[C@@H]1C[C@H](Cc1cccc(C(N)=O)c1)[C@@H]2O. The Morgan fingerprint density at radius 2 is 0.667 bits per heavy atom. The summed E-state index contributed by atoms with van der Waals surface area (Å²) in [5.41, 5.74) is 43.1. The molecule has 696 valence electrons. The smallest absolute Gasteiger partial charge is 0.307 e. The lowest BCUT2D eigenvalue weighted by Gasteiger charge is -2.50. The molecule has 0 aromatic heterocycles. The average molecular weight is 1790 g/mol. The summed E-state index contributed by atoms with van der Waals surface area (Å²) in [6.07, 6.45) is 24.3. The molecule has 0 radical (unpaired) electrons. The third-order valence-corrected chi connectivity index (χ3v) is 36.0. The van der Waals surface area contributed by atoms with Crippen LogP contribution in [0, 0.1) is 92.7 Å². The van der Waals surface area contributed by atoms with Crippen LogP contribution in [0.3, 0.4) is 0 Å². The first-order chi connectivity index (χ1) is 63.2. The summed E-state index contributed by atoms with van der Waals surface area (Å²) in [5.74, 6) is 4.01. The zero-order chi connectivity index (χ0) is 93.1. The van der Waals surface area contributed by atoms with E-state index < -0.39 is 35.6 Å². The van der Waals surface area contributed by atoms with Gasteiger partial charge in [-0.3, -0.25) is 38.4 Å². The molecule has 5 amide bonds. The maximum absolute atomic E-state index is 13.6. The Labute approximate surface area is 776 Å². The number of fused-ring (bicyclic) bond motifs is 20. The number of hydrogen-bond acceptors (Lipinski definition) is 12. The molecule has 19 nitrogen and oxygen atoms in total. The number of Topliss-reactive ketones (excluding diaryl/α,β-unsaturated/α-hetero) is 1. The number of carboxylic acid groups (broad SMARTS) is 2. The fourth-order valence-corrected chi connectivity index (χ4v) is 29.5. The van der Waals surface area contributed by atoms with E-state index in [9.17, 15) is 58.8 Å². The summed E-state index contributed by atoms with van der Waals surface area (Å²) in [4.78, 5) is 94.0. The van der Waals surface area contributed by atoms with Crippen molar-refractivity contribution in [2.24, 2.45) is 116 Å². The van der Waals surface area contributed by atoms with E-state index >= 15 is 0 Å². The van der Waals surface area contributed by atoms with E-state index in [1.54, 1.807) is 31.3 Å². The average Bonchev–Trinajstić information content (AvgIpc) is 1.56. The second kappa shape index (κ2) is 38.1. The van der Waals surface area contributed by atoms with Crippen LogP contribution in [-0.4, -0.2) is 110 Å². The highest BCUT2D eigenvalue weighted by molar-refractivity contribution is 5.95. The van der Waals surface area contributed by atoms with Crippen LogP contribution in [0.15, 0.2) is 170 Å². The first kappa shape index (κ1) is 93.4. The number of nitrogens with one attached hydrogen (secondary N) is 1. The molecule has 0 aliphatic heterocycles. The van der Waals surface area contributed by atoms with Crippen molar-refractivity contribution in [2.75, 3.05) is 13.7 Å². The molecule has 8 aromatic carbocycles. The van der Waals surface area contributed by atoms with Crippen molar-refractivity contribution in [1.29, 1.82) is 0 Å². The van der Waals surface area contributed by atoms with E-state index in [1.807, 2.05) is 84.9 Å². The summed E-state index contributed by atoms with van der Waals surface area (Å²) in [7, 11) is 1.68. The summed E-state index contributed by atoms with van der Waals surface area (Å²) >= 11 is 0. The molecule has 20 rings (SSSR count). The van der Waals surface area contributed by atoms with Crippen LogP contribution >= 0.6 is 0 Å². The largest absolute Gasteiger partial charge is 0.481 e. The molecule has 0 bridgehead atoms. The number of aliphatic carboxylic acids is 2. The summed E-state index contributed by atoms with van der Waals surface area (Å²) < 4.78 is 0. The number of aliphatic hydroxyl groups is 4. The molecule has 132 heavy (non-hydrogen) atoms. The van der Waals surface area contributed by atoms with Crippen LogP contribution in [0.4, 0.5) is 0 Å². The molecule has 3 unspecified atom stereocenters. The van der Waals surface area contributed by atoms with Crippen LogP contribution in [0.2, 0.25) is 0 Å². The number of amides is 5. The maximum Gasteiger partial charge on any atom is 0.307 e. The van der Waals surface area contributed by atoms with E-state index in [0.29, 0.717) is 112 Å². The molecule has 0 spiro atoms. The molecule has 0 saturated heterocycles. The van der Waals surface area contributed by atoms with Crippen LogP contribution < -0.4 is 28.3 Å². The van der Waals surface area contributed by atoms with Gasteiger partial charge in [0.15, 0.2) is 0 Å². The lowest BCUT2D eigenvalue weighted by molar-refractivity contribution is -0.137. The van der Waals surface area contributed by atoms with E-state index in [2.05, 4.69) is 93.7 Å². The zero-order valence-electron chi connectivity index (χ0n) is 77.4. The Hall–Kier alpha value is -10.4. The van der Waals surface area contributed by atoms with Crippen LogP contribution in [-0.2, 0) is 96.2 Å². The topological polar surface area (TPSA) is 374 Å². The summed E-state index contributed by atoms with van der Waals surface area (Å²) in [6, 6.07) is 56.0. The van der Waals surface area contributed by atoms with Crippen molar-refractivity contribution in [3.63, 3.8) is 0 Å². The standard InChI is InChI=1S/C29H36N2O3.C28H33NO4.C28H31NO4.C28H35NO3/c1-29-11-10-23-22-8-6-18(15-26(32)31-2)12-19(22)7-9-24(23)25(29)16-21(27(29)33)14-17-4-3-5-20(13-17)28(30)34;2*1-28-10-9-22-21-7-5-17(14-25(30)31)11-18(21)6-8-23(22)24(28)15-20(26(28)32)13-16-3-2-4-19(12-16)27(29)33;1-28-11-9-23-22-7-5-17(10-12-30)13-19(22)6-8-24(23)25(28)16-21(26(28)31)15-18-3-2-4-20(14-18)27(29)32/h3-6,8,12-13,21,23-25,27,33H,7,9-11,14-16H2,1-2H3,(H2,30,34)(H,31,32);2-5,7,11-12,20,22-24,26,32H,6,8-10,13-15H2,1H3,(H2,29,33)(H,30,31);2-5,7,11-12,20,22-24H,6,8-10,13-15H2,1H3,(H2,29,33)(H,30,31);2-5,7,13-14,21,23-26,30-31H,6,8-12,15-16H2,1H3,(H2,29,32)/t21-,23+,24+,25-,27-,29-;20-,22+,23+,24-,26-,28-;20-,22+,23+,24-,28-;21-,23?,24?,25?,26-,28-/m0000/s1. The highest BCUT2D eigenvalue weighted by Gasteiger charge is 2.62. The van der Waals surface area contributed by atoms with E-state index in [-0.39, 0.29) is 89.0 Å². The third kappa shape index (κ3) is 18.4. The molecule has 12 aliphatic rings. The number of primary amides is 4. The van der Waals surface area contributed by atoms with Gasteiger partial charge < -0.3 is 58.9 Å². The lowest BCUT2D eigenvalue weighted by atomic mass is 9.55. The van der Waals surface area contributed by atoms with Gasteiger partial charge in [0.25, 0.3) is 0 Å². The van der Waals surface area contributed by atoms with Gasteiger partial charge in [0.1, 0.15) is 5.78 Å². The van der Waals surface area contributed by atoms with Crippen molar-refractivity contribution in [3.8, 4) is 0 Å². The second-order valence-corrected chi connectivity index (χ2v) is 43.0. The van der Waals surface area contributed by atoms with Crippen molar-refractivity contribution >= 4 is 47.3 Å². The molecule has 0 heterocycles. The van der Waals surface area contributed by atoms with E-state index in [4.69, 9.17) is 33.1 Å². The number of aliphatic hydroxyl groups excluding tert-OH is 4. The molecule has 8 fully saturated rings. The maximum atomic E-state index is 13.6. The van der Waals surface area contributed by atoms with Crippen LogP contribution in [0.5, 0.6) is 0 Å². The Bertz CT molecular complexity index is 5740. The molecule has 15 N–H and O–H groups in total. The molecule has 23 atom stereocenters. The highest BCUT2D eigenvalue weighted by atomic mass is 16.4. The van der Waals surface area contributed by atoms with Crippen LogP contribution in [0.25, 0.3) is 0 Å². The molecular formula is C113H135N5O14. The number of rotatable bonds is 20. The molecule has 12 aliphatic carbocycles. The quantitative estimate of drug-likeness (QED) is 0.0338. The predicted octanol–water partition coefficient (Wildman–Crippen LogP) is 16.2. The van der Waals surface area contributed by atoms with Gasteiger partial charge in [-0.15, -0.1) is 0 Å². The molecular weight excluding hydrogens is 1650 g/mol. The first-order valence-corrected chi connectivity index (χ1v) is 49.1. The number of carbonyl (C=O) groups excluding carboxylic acids is 6. The number of nitrogens with two attached hydrogens (primary N) is 4. The number of ketones is 1. The summed E-state index contributed by atoms with van der Waals surface area (Å²) in [5, 5.41) is 64.7. The normalized spacial score (nSPS) is 31.9. The van der Waals surface area contributed by atoms with Gasteiger partial charge in [0.05, 0.1) is 37.6 Å². The second-order valence-electron chi connectivity index (χ2n) is 43.0. The Morgan fingerprint density at radius 3 is 0.985 bits per heavy atom. The van der Waals surface area contributed by atoms with Crippen molar-refractivity contribution in [1.82, 2.24) is 5.32 Å². The first-order valence-electron chi connectivity index (χ1n) is 49.1. The fourth-order valence-electron chi connectivity index (χ4n) is 29.5. The highest BCUT2D eigenvalue weighted by Crippen LogP contribution is 2.67. The Balaban J connectivity index is 0.000000123. The van der Waals surface area contributed by atoms with Gasteiger partial charge >= 0.3 is 11.9 Å². The van der Waals surface area contributed by atoms with E-state index in [0.717, 1.165) is 187 Å². The van der Waals surface area contributed by atoms with Crippen molar-refractivity contribution in [3.05, 3.63) is 281 Å². The third-order valence-electron chi connectivity index (χ3n) is 36.0. The van der Waals surface area contributed by atoms with Crippen molar-refractivity contribution < 1.29 is 69.0 Å². The summed E-state index contributed by atoms with van der Waals surface area (Å²) in [6.45, 7) is 9.29. The predicted molar refractivity (Wildman–Crippen MR) is 509 cm³/mol.